The van der Waals surface area contributed by atoms with Gasteiger partial charge in [-0.3, -0.25) is 0 Å². The Labute approximate surface area is 147 Å². The van der Waals surface area contributed by atoms with Gasteiger partial charge in [-0.05, 0) is 35.9 Å². The third kappa shape index (κ3) is 4.22. The summed E-state index contributed by atoms with van der Waals surface area (Å²) in [5.74, 6) is 0. The van der Waals surface area contributed by atoms with E-state index in [2.05, 4.69) is 0 Å². The molecule has 0 aromatic heterocycles. The molecule has 0 atom stereocenters. The Hall–Kier alpha value is -1.28. The molecule has 0 heterocycles. The third-order valence-electron chi connectivity index (χ3n) is 3.23. The predicted molar refractivity (Wildman–Crippen MR) is 86.6 cm³/mol. The molecule has 9 heteroatoms. The van der Waals surface area contributed by atoms with Crippen LogP contribution in [0, 0.1) is 0 Å². The van der Waals surface area contributed by atoms with Crippen LogP contribution in [0.1, 0.15) is 11.1 Å². The van der Waals surface area contributed by atoms with Crippen LogP contribution in [0.2, 0.25) is 10.0 Å². The maximum Gasteiger partial charge on any atom is 0.417 e. The fraction of sp³-hybridized carbons (Fsp3) is 0.200. The van der Waals surface area contributed by atoms with E-state index >= 15 is 0 Å². The average molecular weight is 398 g/mol. The van der Waals surface area contributed by atoms with Crippen LogP contribution in [0.5, 0.6) is 0 Å². The number of sulfonamides is 1. The van der Waals surface area contributed by atoms with Gasteiger partial charge in [0.25, 0.3) is 0 Å². The summed E-state index contributed by atoms with van der Waals surface area (Å²) in [4.78, 5) is -0.844. The molecule has 0 saturated carbocycles. The minimum absolute atomic E-state index is 0.122. The minimum atomic E-state index is -4.84. The van der Waals surface area contributed by atoms with Crippen molar-refractivity contribution in [2.24, 2.45) is 0 Å². The summed E-state index contributed by atoms with van der Waals surface area (Å²) in [6.45, 7) is -0.122. The largest absolute Gasteiger partial charge is 0.417 e. The van der Waals surface area contributed by atoms with Crippen molar-refractivity contribution in [3.63, 3.8) is 0 Å². The summed E-state index contributed by atoms with van der Waals surface area (Å²) in [5, 5.41) is 0.208. The molecular formula is C15H12Cl2F3NO2S. The smallest absolute Gasteiger partial charge is 0.207 e. The third-order valence-corrected chi connectivity index (χ3v) is 5.56. The molecule has 2 rings (SSSR count). The highest BCUT2D eigenvalue weighted by atomic mass is 35.5. The fourth-order valence-corrected chi connectivity index (χ4v) is 3.83. The van der Waals surface area contributed by atoms with Gasteiger partial charge in [-0.1, -0.05) is 35.3 Å². The lowest BCUT2D eigenvalue weighted by Gasteiger charge is -2.20. The van der Waals surface area contributed by atoms with Crippen LogP contribution < -0.4 is 0 Å². The lowest BCUT2D eigenvalue weighted by Crippen LogP contribution is -2.28. The molecule has 0 radical (unpaired) electrons. The number of rotatable bonds is 4. The molecule has 24 heavy (non-hydrogen) atoms. The van der Waals surface area contributed by atoms with Crippen LogP contribution in [0.3, 0.4) is 0 Å². The van der Waals surface area contributed by atoms with Crippen molar-refractivity contribution in [2.75, 3.05) is 7.05 Å². The van der Waals surface area contributed by atoms with E-state index in [1.54, 1.807) is 24.3 Å². The molecule has 0 saturated heterocycles. The van der Waals surface area contributed by atoms with E-state index in [-0.39, 0.29) is 11.6 Å². The van der Waals surface area contributed by atoms with Crippen molar-refractivity contribution in [3.8, 4) is 0 Å². The van der Waals surface area contributed by atoms with E-state index in [1.807, 2.05) is 0 Å². The molecule has 2 aromatic carbocycles. The zero-order valence-electron chi connectivity index (χ0n) is 12.3. The lowest BCUT2D eigenvalue weighted by atomic mass is 10.2. The Morgan fingerprint density at radius 2 is 1.67 bits per heavy atom. The summed E-state index contributed by atoms with van der Waals surface area (Å²) in [6, 6.07) is 8.97. The van der Waals surface area contributed by atoms with E-state index in [1.165, 1.54) is 7.05 Å². The normalized spacial score (nSPS) is 12.6. The summed E-state index contributed by atoms with van der Waals surface area (Å²) in [5.41, 5.74) is -0.746. The van der Waals surface area contributed by atoms with Gasteiger partial charge in [-0.2, -0.15) is 17.5 Å². The quantitative estimate of drug-likeness (QED) is 0.740. The zero-order chi connectivity index (χ0) is 18.1. The van der Waals surface area contributed by atoms with Gasteiger partial charge in [0.15, 0.2) is 0 Å². The second-order valence-corrected chi connectivity index (χ2v) is 7.92. The number of alkyl halides is 3. The minimum Gasteiger partial charge on any atom is -0.207 e. The van der Waals surface area contributed by atoms with E-state index in [0.29, 0.717) is 16.7 Å². The van der Waals surface area contributed by atoms with E-state index < -0.39 is 26.7 Å². The number of nitrogens with zero attached hydrogens (tertiary/aromatic N) is 1. The Balaban J connectivity index is 2.43. The highest BCUT2D eigenvalue weighted by Crippen LogP contribution is 2.37. The molecule has 0 aliphatic carbocycles. The highest BCUT2D eigenvalue weighted by molar-refractivity contribution is 7.89. The number of benzene rings is 2. The molecule has 0 aliphatic rings. The molecule has 3 nitrogen and oxygen atoms in total. The summed E-state index contributed by atoms with van der Waals surface area (Å²) >= 11 is 11.4. The Morgan fingerprint density at radius 1 is 1.04 bits per heavy atom. The Bertz CT molecular complexity index is 854. The maximum atomic E-state index is 13.1. The maximum absolute atomic E-state index is 13.1. The van der Waals surface area contributed by atoms with Crippen LogP contribution >= 0.6 is 23.2 Å². The molecule has 0 spiro atoms. The standard InChI is InChI=1S/C15H12Cl2F3NO2S/c1-21(9-10-3-2-4-11(16)7-10)24(22,23)14-6-5-12(17)8-13(14)15(18,19)20/h2-8H,9H2,1H3. The van der Waals surface area contributed by atoms with Gasteiger partial charge < -0.3 is 0 Å². The van der Waals surface area contributed by atoms with Gasteiger partial charge >= 0.3 is 6.18 Å². The van der Waals surface area contributed by atoms with Crippen molar-refractivity contribution in [3.05, 3.63) is 63.6 Å². The van der Waals surface area contributed by atoms with E-state index in [4.69, 9.17) is 23.2 Å². The van der Waals surface area contributed by atoms with Crippen LogP contribution in [-0.2, 0) is 22.7 Å². The predicted octanol–water partition coefficient (Wildman–Crippen LogP) is 4.83. The second kappa shape index (κ2) is 6.92. The molecular weight excluding hydrogens is 386 g/mol. The number of hydrogen-bond acceptors (Lipinski definition) is 2. The van der Waals surface area contributed by atoms with Crippen LogP contribution in [0.4, 0.5) is 13.2 Å². The van der Waals surface area contributed by atoms with Crippen LogP contribution in [-0.4, -0.2) is 19.8 Å². The van der Waals surface area contributed by atoms with Gasteiger partial charge in [0.1, 0.15) is 0 Å². The van der Waals surface area contributed by atoms with E-state index in [0.717, 1.165) is 16.4 Å². The molecule has 130 valence electrons. The molecule has 0 amide bonds. The van der Waals surface area contributed by atoms with Gasteiger partial charge in [0.05, 0.1) is 10.5 Å². The van der Waals surface area contributed by atoms with Crippen molar-refractivity contribution in [2.45, 2.75) is 17.6 Å². The first-order valence-electron chi connectivity index (χ1n) is 6.59. The number of hydrogen-bond donors (Lipinski definition) is 0. The molecule has 0 bridgehead atoms. The van der Waals surface area contributed by atoms with Gasteiger partial charge in [0.2, 0.25) is 10.0 Å². The molecule has 0 aliphatic heterocycles. The molecule has 0 unspecified atom stereocenters. The topological polar surface area (TPSA) is 37.4 Å². The average Bonchev–Trinajstić information content (AvgIpc) is 2.46. The molecule has 0 fully saturated rings. The second-order valence-electron chi connectivity index (χ2n) is 5.03. The monoisotopic (exact) mass is 397 g/mol. The molecule has 0 N–H and O–H groups in total. The summed E-state index contributed by atoms with van der Waals surface area (Å²) in [6.07, 6.45) is -4.84. The van der Waals surface area contributed by atoms with Crippen LogP contribution in [0.25, 0.3) is 0 Å². The van der Waals surface area contributed by atoms with Gasteiger partial charge in [-0.25, -0.2) is 8.42 Å². The number of halogens is 5. The SMILES string of the molecule is CN(Cc1cccc(Cl)c1)S(=O)(=O)c1ccc(Cl)cc1C(F)(F)F. The first-order valence-corrected chi connectivity index (χ1v) is 8.79. The highest BCUT2D eigenvalue weighted by Gasteiger charge is 2.38. The van der Waals surface area contributed by atoms with Crippen molar-refractivity contribution in [1.82, 2.24) is 4.31 Å². The van der Waals surface area contributed by atoms with Crippen molar-refractivity contribution >= 4 is 33.2 Å². The van der Waals surface area contributed by atoms with Gasteiger partial charge in [-0.15, -0.1) is 0 Å². The fourth-order valence-electron chi connectivity index (χ4n) is 2.09. The lowest BCUT2D eigenvalue weighted by molar-refractivity contribution is -0.139. The summed E-state index contributed by atoms with van der Waals surface area (Å²) < 4.78 is 65.4. The van der Waals surface area contributed by atoms with E-state index in [9.17, 15) is 21.6 Å². The first kappa shape index (κ1) is 19.1. The zero-order valence-corrected chi connectivity index (χ0v) is 14.6. The Morgan fingerprint density at radius 3 is 2.25 bits per heavy atom. The summed E-state index contributed by atoms with van der Waals surface area (Å²) in [7, 11) is -3.17. The van der Waals surface area contributed by atoms with Crippen LogP contribution in [0.15, 0.2) is 47.4 Å². The van der Waals surface area contributed by atoms with Crippen molar-refractivity contribution < 1.29 is 21.6 Å². The van der Waals surface area contributed by atoms with Crippen molar-refractivity contribution in [1.29, 1.82) is 0 Å². The van der Waals surface area contributed by atoms with Gasteiger partial charge in [0, 0.05) is 23.6 Å². The first-order chi connectivity index (χ1) is 11.0. The molecule has 2 aromatic rings. The Kier molecular flexibility index (Phi) is 5.49.